The van der Waals surface area contributed by atoms with Crippen molar-refractivity contribution >= 4 is 11.9 Å². The van der Waals surface area contributed by atoms with Crippen LogP contribution in [-0.4, -0.2) is 24.2 Å². The third-order valence-corrected chi connectivity index (χ3v) is 2.48. The summed E-state index contributed by atoms with van der Waals surface area (Å²) in [6.45, 7) is 1.98. The molecule has 0 aliphatic heterocycles. The number of carbonyl (C=O) groups excluding carboxylic acids is 1. The summed E-state index contributed by atoms with van der Waals surface area (Å²) in [5, 5.41) is 10.3. The monoisotopic (exact) mass is 236 g/mol. The fraction of sp³-hybridized carbons (Fsp3) is 0.385. The molecule has 0 bridgehead atoms. The number of ether oxygens (including phenoxy) is 1. The van der Waals surface area contributed by atoms with Crippen LogP contribution in [0, 0.1) is 10.4 Å². The number of esters is 1. The zero-order valence-electron chi connectivity index (χ0n) is 10.0. The number of carbonyl (C=O) groups is 2. The lowest BCUT2D eigenvalue weighted by molar-refractivity contribution is -0.137. The van der Waals surface area contributed by atoms with Crippen molar-refractivity contribution in [1.29, 1.82) is 0 Å². The summed E-state index contributed by atoms with van der Waals surface area (Å²) in [7, 11) is 1.39. The minimum atomic E-state index is -0.693. The predicted octanol–water partition coefficient (Wildman–Crippen LogP) is 2.33. The van der Waals surface area contributed by atoms with E-state index in [2.05, 4.69) is 4.74 Å². The molecule has 1 N–H and O–H groups in total. The molecule has 2 aliphatic rings. The first kappa shape index (κ1) is 13.2. The molecular formula is C13H16O4. The number of carboxylic acids is 1. The minimum Gasteiger partial charge on any atom is -0.481 e. The van der Waals surface area contributed by atoms with Gasteiger partial charge in [-0.2, -0.15) is 0 Å². The van der Waals surface area contributed by atoms with Crippen LogP contribution < -0.4 is 0 Å². The number of hydrogen-bond acceptors (Lipinski definition) is 3. The second-order valence-corrected chi connectivity index (χ2v) is 3.75. The van der Waals surface area contributed by atoms with Gasteiger partial charge in [-0.3, -0.25) is 4.79 Å². The van der Waals surface area contributed by atoms with Crippen LogP contribution >= 0.6 is 0 Å². The Hall–Kier alpha value is -1.84. The molecule has 2 aliphatic carbocycles. The molecule has 0 aromatic carbocycles. The van der Waals surface area contributed by atoms with Crippen molar-refractivity contribution in [2.45, 2.75) is 26.2 Å². The number of methoxy groups -OCH3 is 1. The van der Waals surface area contributed by atoms with Crippen molar-refractivity contribution in [1.82, 2.24) is 0 Å². The largest absolute Gasteiger partial charge is 0.481 e. The van der Waals surface area contributed by atoms with E-state index in [4.69, 9.17) is 5.11 Å². The maximum atomic E-state index is 10.8. The average Bonchev–Trinajstić information content (AvgIpc) is 2.29. The molecule has 92 valence electrons. The summed E-state index contributed by atoms with van der Waals surface area (Å²) in [5.41, 5.74) is 0.708. The molecule has 4 nitrogen and oxygen atoms in total. The van der Waals surface area contributed by atoms with E-state index in [1.165, 1.54) is 12.3 Å². The van der Waals surface area contributed by atoms with E-state index in [1.54, 1.807) is 0 Å². The van der Waals surface area contributed by atoms with Crippen molar-refractivity contribution in [3.05, 3.63) is 34.2 Å². The van der Waals surface area contributed by atoms with Gasteiger partial charge in [0.25, 0.3) is 0 Å². The van der Waals surface area contributed by atoms with Gasteiger partial charge in [-0.05, 0) is 22.9 Å². The lowest BCUT2D eigenvalue weighted by atomic mass is 9.99. The Morgan fingerprint density at radius 1 is 1.35 bits per heavy atom. The SMILES string of the molecule is CCCCC(=O)O.COC(=O)c1cc2ccc1=2. The first-order chi connectivity index (χ1) is 8.10. The molecule has 0 heterocycles. The second-order valence-electron chi connectivity index (χ2n) is 3.75. The van der Waals surface area contributed by atoms with Crippen LogP contribution in [0.15, 0.2) is 18.2 Å². The van der Waals surface area contributed by atoms with Gasteiger partial charge in [-0.1, -0.05) is 25.5 Å². The Balaban J connectivity index is 0.000000185. The molecule has 0 aromatic heterocycles. The predicted molar refractivity (Wildman–Crippen MR) is 62.6 cm³/mol. The molecule has 0 fully saturated rings. The molecule has 0 atom stereocenters. The number of benzene rings is 1. The highest BCUT2D eigenvalue weighted by Crippen LogP contribution is 2.15. The normalized spacial score (nSPS) is 10.0. The van der Waals surface area contributed by atoms with Crippen molar-refractivity contribution in [3.8, 4) is 0 Å². The second kappa shape index (κ2) is 6.03. The van der Waals surface area contributed by atoms with Gasteiger partial charge >= 0.3 is 11.9 Å². The minimum absolute atomic E-state index is 0.233. The van der Waals surface area contributed by atoms with E-state index < -0.39 is 5.97 Å². The summed E-state index contributed by atoms with van der Waals surface area (Å²) < 4.78 is 4.53. The van der Waals surface area contributed by atoms with Crippen LogP contribution in [0.2, 0.25) is 0 Å². The number of hydrogen-bond donors (Lipinski definition) is 1. The van der Waals surface area contributed by atoms with Crippen molar-refractivity contribution in [2.24, 2.45) is 0 Å². The van der Waals surface area contributed by atoms with Gasteiger partial charge < -0.3 is 9.84 Å². The maximum absolute atomic E-state index is 10.8. The van der Waals surface area contributed by atoms with E-state index in [9.17, 15) is 9.59 Å². The number of unbranched alkanes of at least 4 members (excludes halogenated alkanes) is 1. The van der Waals surface area contributed by atoms with E-state index in [-0.39, 0.29) is 5.97 Å². The first-order valence-electron chi connectivity index (χ1n) is 5.54. The lowest BCUT2D eigenvalue weighted by Crippen LogP contribution is -2.07. The molecule has 0 saturated heterocycles. The quantitative estimate of drug-likeness (QED) is 0.827. The van der Waals surface area contributed by atoms with Gasteiger partial charge in [0.05, 0.1) is 12.7 Å². The Labute approximate surface area is 99.5 Å². The van der Waals surface area contributed by atoms with Crippen molar-refractivity contribution in [2.75, 3.05) is 7.11 Å². The molecular weight excluding hydrogens is 220 g/mol. The highest BCUT2D eigenvalue weighted by Gasteiger charge is 2.13. The summed E-state index contributed by atoms with van der Waals surface area (Å²) >= 11 is 0. The fourth-order valence-electron chi connectivity index (χ4n) is 1.40. The lowest BCUT2D eigenvalue weighted by Gasteiger charge is -2.07. The molecule has 0 radical (unpaired) electrons. The Morgan fingerprint density at radius 3 is 2.29 bits per heavy atom. The zero-order valence-corrected chi connectivity index (χ0v) is 10.0. The zero-order chi connectivity index (χ0) is 12.8. The number of rotatable bonds is 4. The molecule has 0 spiro atoms. The third-order valence-electron chi connectivity index (χ3n) is 2.48. The average molecular weight is 236 g/mol. The topological polar surface area (TPSA) is 63.6 Å². The van der Waals surface area contributed by atoms with E-state index >= 15 is 0 Å². The summed E-state index contributed by atoms with van der Waals surface area (Å²) in [4.78, 5) is 20.6. The fourth-order valence-corrected chi connectivity index (χ4v) is 1.40. The smallest absolute Gasteiger partial charge is 0.338 e. The van der Waals surface area contributed by atoms with E-state index in [1.807, 2.05) is 25.1 Å². The maximum Gasteiger partial charge on any atom is 0.338 e. The molecule has 0 amide bonds. The van der Waals surface area contributed by atoms with Gasteiger partial charge in [-0.15, -0.1) is 0 Å². The number of carboxylic acid groups (broad SMARTS) is 1. The van der Waals surface area contributed by atoms with E-state index in [0.717, 1.165) is 18.1 Å². The van der Waals surface area contributed by atoms with E-state index in [0.29, 0.717) is 12.0 Å². The Kier molecular flexibility index (Phi) is 4.69. The molecule has 0 saturated carbocycles. The van der Waals surface area contributed by atoms with Crippen LogP contribution in [0.1, 0.15) is 36.5 Å². The van der Waals surface area contributed by atoms with Crippen LogP contribution in [0.4, 0.5) is 0 Å². The van der Waals surface area contributed by atoms with Gasteiger partial charge in [-0.25, -0.2) is 4.79 Å². The van der Waals surface area contributed by atoms with Gasteiger partial charge in [0.1, 0.15) is 0 Å². The number of aliphatic carboxylic acids is 1. The van der Waals surface area contributed by atoms with Gasteiger partial charge in [0.15, 0.2) is 0 Å². The molecule has 4 heteroatoms. The van der Waals surface area contributed by atoms with Crippen LogP contribution in [0.5, 0.6) is 0 Å². The molecule has 17 heavy (non-hydrogen) atoms. The Morgan fingerprint density at radius 2 is 2.06 bits per heavy atom. The van der Waals surface area contributed by atoms with Crippen LogP contribution in [0.3, 0.4) is 0 Å². The van der Waals surface area contributed by atoms with Gasteiger partial charge in [0, 0.05) is 6.42 Å². The highest BCUT2D eigenvalue weighted by molar-refractivity contribution is 5.91. The van der Waals surface area contributed by atoms with Crippen LogP contribution in [0.25, 0.3) is 0 Å². The summed E-state index contributed by atoms with van der Waals surface area (Å²) in [6, 6.07) is 5.73. The first-order valence-corrected chi connectivity index (χ1v) is 5.54. The van der Waals surface area contributed by atoms with Crippen molar-refractivity contribution in [3.63, 3.8) is 0 Å². The third kappa shape index (κ3) is 3.31. The summed E-state index contributed by atoms with van der Waals surface area (Å²) in [6.07, 6.45) is 2.08. The molecule has 2 rings (SSSR count). The van der Waals surface area contributed by atoms with Crippen molar-refractivity contribution < 1.29 is 19.4 Å². The highest BCUT2D eigenvalue weighted by atomic mass is 16.5. The van der Waals surface area contributed by atoms with Crippen LogP contribution in [-0.2, 0) is 9.53 Å². The standard InChI is InChI=1S/C8H6O2.C5H10O2/c1-10-8(9)7-4-5-2-3-6(5)7;1-2-3-4-5(6)7/h2-4H,1H3;2-4H2,1H3,(H,6,7). The molecule has 0 unspecified atom stereocenters. The molecule has 0 aromatic rings. The summed E-state index contributed by atoms with van der Waals surface area (Å²) in [5.74, 6) is -0.926. The van der Waals surface area contributed by atoms with Gasteiger partial charge in [0.2, 0.25) is 0 Å². The Bertz CT molecular complexity index is 505.